The molecule has 6 nitrogen and oxygen atoms in total. The molecule has 84 valence electrons. The Morgan fingerprint density at radius 2 is 2.12 bits per heavy atom. The molecule has 2 aromatic rings. The van der Waals surface area contributed by atoms with E-state index in [1.54, 1.807) is 0 Å². The van der Waals surface area contributed by atoms with Crippen molar-refractivity contribution in [2.24, 2.45) is 0 Å². The van der Waals surface area contributed by atoms with Gasteiger partial charge in [0, 0.05) is 6.07 Å². The second-order valence-electron chi connectivity index (χ2n) is 2.86. The van der Waals surface area contributed by atoms with Gasteiger partial charge in [0.25, 0.3) is 0 Å². The average Bonchev–Trinajstić information content (AvgIpc) is 2.65. The van der Waals surface area contributed by atoms with E-state index in [9.17, 15) is 4.79 Å². The van der Waals surface area contributed by atoms with E-state index in [2.05, 4.69) is 15.5 Å². The Morgan fingerprint density at radius 3 is 2.69 bits per heavy atom. The van der Waals surface area contributed by atoms with E-state index in [0.717, 1.165) is 4.68 Å². The second kappa shape index (κ2) is 4.15. The molecule has 8 heteroatoms. The summed E-state index contributed by atoms with van der Waals surface area (Å²) in [6, 6.07) is 2.98. The van der Waals surface area contributed by atoms with Gasteiger partial charge in [-0.2, -0.15) is 4.68 Å². The number of nitrogens with one attached hydrogen (secondary N) is 1. The Kier molecular flexibility index (Phi) is 2.84. The molecule has 0 aliphatic carbocycles. The van der Waals surface area contributed by atoms with Gasteiger partial charge in [0.2, 0.25) is 0 Å². The minimum atomic E-state index is -0.494. The topological polar surface area (TPSA) is 72.8 Å². The molecule has 0 radical (unpaired) electrons. The lowest BCUT2D eigenvalue weighted by Crippen LogP contribution is -2.16. The van der Waals surface area contributed by atoms with Gasteiger partial charge in [0.15, 0.2) is 0 Å². The molecule has 0 saturated carbocycles. The number of aromatic nitrogens is 4. The van der Waals surface area contributed by atoms with E-state index in [0.29, 0.717) is 16.5 Å². The van der Waals surface area contributed by atoms with Crippen LogP contribution >= 0.6 is 23.2 Å². The van der Waals surface area contributed by atoms with E-state index < -0.39 is 5.69 Å². The molecule has 1 aromatic heterocycles. The number of hydrogen-bond acceptors (Lipinski definition) is 4. The molecule has 0 saturated heterocycles. The highest BCUT2D eigenvalue weighted by molar-refractivity contribution is 6.36. The molecule has 0 unspecified atom stereocenters. The summed E-state index contributed by atoms with van der Waals surface area (Å²) in [5.74, 6) is 0.399. The largest absolute Gasteiger partial charge is 0.495 e. The molecule has 0 aliphatic rings. The summed E-state index contributed by atoms with van der Waals surface area (Å²) in [5, 5.41) is 9.72. The minimum absolute atomic E-state index is 0.279. The predicted octanol–water partition coefficient (Wildman–Crippen LogP) is 1.27. The van der Waals surface area contributed by atoms with Gasteiger partial charge in [0.05, 0.1) is 22.8 Å². The number of rotatable bonds is 2. The maximum Gasteiger partial charge on any atom is 0.365 e. The van der Waals surface area contributed by atoms with Crippen LogP contribution in [-0.4, -0.2) is 27.3 Å². The number of benzene rings is 1. The Hall–Kier alpha value is -1.53. The molecular weight excluding hydrogens is 255 g/mol. The maximum absolute atomic E-state index is 11.3. The summed E-state index contributed by atoms with van der Waals surface area (Å²) in [7, 11) is 1.46. The number of aromatic amines is 1. The molecule has 1 heterocycles. The maximum atomic E-state index is 11.3. The monoisotopic (exact) mass is 260 g/mol. The first-order chi connectivity index (χ1) is 7.63. The van der Waals surface area contributed by atoms with Crippen molar-refractivity contribution in [1.29, 1.82) is 0 Å². The SMILES string of the molecule is COc1cc(-n2nn[nH]c2=O)c(Cl)cc1Cl. The van der Waals surface area contributed by atoms with Crippen molar-refractivity contribution in [3.05, 3.63) is 32.7 Å². The quantitative estimate of drug-likeness (QED) is 0.883. The number of H-pyrrole nitrogens is 1. The lowest BCUT2D eigenvalue weighted by Gasteiger charge is -2.07. The predicted molar refractivity (Wildman–Crippen MR) is 58.6 cm³/mol. The van der Waals surface area contributed by atoms with Crippen LogP contribution in [0, 0.1) is 0 Å². The van der Waals surface area contributed by atoms with E-state index in [-0.39, 0.29) is 5.02 Å². The lowest BCUT2D eigenvalue weighted by atomic mass is 10.3. The summed E-state index contributed by atoms with van der Waals surface area (Å²) in [6.45, 7) is 0. The fourth-order valence-corrected chi connectivity index (χ4v) is 1.73. The Balaban J connectivity index is 2.66. The summed E-state index contributed by atoms with van der Waals surface area (Å²) < 4.78 is 6.03. The molecule has 0 amide bonds. The normalized spacial score (nSPS) is 10.4. The van der Waals surface area contributed by atoms with E-state index >= 15 is 0 Å². The molecule has 0 bridgehead atoms. The summed E-state index contributed by atoms with van der Waals surface area (Å²) in [4.78, 5) is 11.3. The van der Waals surface area contributed by atoms with Crippen molar-refractivity contribution in [3.8, 4) is 11.4 Å². The number of tetrazole rings is 1. The number of hydrogen-bond donors (Lipinski definition) is 1. The number of ether oxygens (including phenoxy) is 1. The highest BCUT2D eigenvalue weighted by Gasteiger charge is 2.12. The highest BCUT2D eigenvalue weighted by atomic mass is 35.5. The van der Waals surface area contributed by atoms with Gasteiger partial charge in [-0.25, -0.2) is 9.89 Å². The van der Waals surface area contributed by atoms with Crippen LogP contribution in [-0.2, 0) is 0 Å². The van der Waals surface area contributed by atoms with Crippen molar-refractivity contribution in [1.82, 2.24) is 20.2 Å². The third kappa shape index (κ3) is 1.77. The number of nitrogens with zero attached hydrogens (tertiary/aromatic N) is 3. The van der Waals surface area contributed by atoms with Crippen LogP contribution < -0.4 is 10.4 Å². The lowest BCUT2D eigenvalue weighted by molar-refractivity contribution is 0.414. The van der Waals surface area contributed by atoms with Gasteiger partial charge >= 0.3 is 5.69 Å². The third-order valence-electron chi connectivity index (χ3n) is 1.92. The van der Waals surface area contributed by atoms with E-state index in [1.165, 1.54) is 19.2 Å². The molecule has 0 spiro atoms. The molecule has 0 fully saturated rings. The first kappa shape index (κ1) is 11.0. The smallest absolute Gasteiger partial charge is 0.365 e. The zero-order valence-corrected chi connectivity index (χ0v) is 9.58. The molecule has 1 N–H and O–H groups in total. The van der Waals surface area contributed by atoms with Gasteiger partial charge in [-0.1, -0.05) is 23.2 Å². The standard InChI is InChI=1S/C8H6Cl2N4O2/c1-16-7-3-6(4(9)2-5(7)10)14-8(15)11-12-13-14/h2-3H,1H3,(H,11,13,15). The van der Waals surface area contributed by atoms with Crippen LogP contribution in [0.3, 0.4) is 0 Å². The Bertz CT molecular complexity index is 578. The highest BCUT2D eigenvalue weighted by Crippen LogP contribution is 2.31. The van der Waals surface area contributed by atoms with Gasteiger partial charge in [0.1, 0.15) is 5.75 Å². The van der Waals surface area contributed by atoms with Gasteiger partial charge in [-0.15, -0.1) is 0 Å². The van der Waals surface area contributed by atoms with Crippen LogP contribution in [0.4, 0.5) is 0 Å². The van der Waals surface area contributed by atoms with Crippen LogP contribution in [0.1, 0.15) is 0 Å². The average molecular weight is 261 g/mol. The molecule has 0 aliphatic heterocycles. The molecule has 0 atom stereocenters. The Morgan fingerprint density at radius 1 is 1.38 bits per heavy atom. The van der Waals surface area contributed by atoms with E-state index in [1.807, 2.05) is 0 Å². The van der Waals surface area contributed by atoms with Gasteiger partial charge < -0.3 is 4.74 Å². The van der Waals surface area contributed by atoms with Crippen LogP contribution in [0.15, 0.2) is 16.9 Å². The first-order valence-corrected chi connectivity index (χ1v) is 4.93. The van der Waals surface area contributed by atoms with Crippen molar-refractivity contribution in [3.63, 3.8) is 0 Å². The number of halogens is 2. The van der Waals surface area contributed by atoms with E-state index in [4.69, 9.17) is 27.9 Å². The van der Waals surface area contributed by atoms with Crippen molar-refractivity contribution in [2.45, 2.75) is 0 Å². The second-order valence-corrected chi connectivity index (χ2v) is 3.67. The molecular formula is C8H6Cl2N4O2. The zero-order chi connectivity index (χ0) is 11.7. The van der Waals surface area contributed by atoms with Crippen LogP contribution in [0.2, 0.25) is 10.0 Å². The fourth-order valence-electron chi connectivity index (χ4n) is 1.19. The number of methoxy groups -OCH3 is 1. The first-order valence-electron chi connectivity index (χ1n) is 4.17. The summed E-state index contributed by atoms with van der Waals surface area (Å²) in [5.41, 5.74) is -0.145. The van der Waals surface area contributed by atoms with Crippen molar-refractivity contribution in [2.75, 3.05) is 7.11 Å². The fraction of sp³-hybridized carbons (Fsp3) is 0.125. The van der Waals surface area contributed by atoms with Crippen LogP contribution in [0.25, 0.3) is 5.69 Å². The van der Waals surface area contributed by atoms with Gasteiger partial charge in [-0.3, -0.25) is 0 Å². The van der Waals surface area contributed by atoms with Crippen molar-refractivity contribution < 1.29 is 4.74 Å². The molecule has 2 rings (SSSR count). The zero-order valence-electron chi connectivity index (χ0n) is 8.07. The molecule has 1 aromatic carbocycles. The van der Waals surface area contributed by atoms with Gasteiger partial charge in [-0.05, 0) is 16.5 Å². The summed E-state index contributed by atoms with van der Waals surface area (Å²) >= 11 is 11.8. The minimum Gasteiger partial charge on any atom is -0.495 e. The van der Waals surface area contributed by atoms with Crippen molar-refractivity contribution >= 4 is 23.2 Å². The molecule has 16 heavy (non-hydrogen) atoms. The third-order valence-corrected chi connectivity index (χ3v) is 2.52. The summed E-state index contributed by atoms with van der Waals surface area (Å²) in [6.07, 6.45) is 0. The van der Waals surface area contributed by atoms with Crippen LogP contribution in [0.5, 0.6) is 5.75 Å². The Labute approximate surface area is 99.7 Å².